The standard InChI is InChI=1S/C15H19N5OS/c1-10-16-7-6-13(18-10)20-8-4-5-11(20)14-17-9-12(22-14)15(21)19(2)3/h6-7,9,11H,4-5,8H2,1-3H3/t11-/m0/s1. The van der Waals surface area contributed by atoms with Crippen LogP contribution in [0.4, 0.5) is 5.82 Å². The molecule has 0 radical (unpaired) electrons. The molecule has 3 rings (SSSR count). The number of nitrogens with zero attached hydrogens (tertiary/aromatic N) is 5. The second-order valence-corrected chi connectivity index (χ2v) is 6.64. The van der Waals surface area contributed by atoms with E-state index < -0.39 is 0 Å². The maximum absolute atomic E-state index is 12.0. The van der Waals surface area contributed by atoms with Crippen LogP contribution in [0.15, 0.2) is 18.5 Å². The van der Waals surface area contributed by atoms with Gasteiger partial charge in [0.2, 0.25) is 0 Å². The molecule has 22 heavy (non-hydrogen) atoms. The Kier molecular flexibility index (Phi) is 4.06. The molecule has 1 aliphatic rings. The third kappa shape index (κ3) is 2.81. The van der Waals surface area contributed by atoms with E-state index in [0.717, 1.165) is 36.0 Å². The number of rotatable bonds is 3. The molecule has 0 aromatic carbocycles. The number of hydrogen-bond donors (Lipinski definition) is 0. The molecule has 6 nitrogen and oxygen atoms in total. The minimum absolute atomic E-state index is 0.00572. The van der Waals surface area contributed by atoms with Crippen LogP contribution in [0.3, 0.4) is 0 Å². The Morgan fingerprint density at radius 3 is 2.95 bits per heavy atom. The van der Waals surface area contributed by atoms with Crippen LogP contribution < -0.4 is 4.90 Å². The van der Waals surface area contributed by atoms with Crippen LogP contribution >= 0.6 is 11.3 Å². The maximum atomic E-state index is 12.0. The van der Waals surface area contributed by atoms with E-state index in [1.165, 1.54) is 11.3 Å². The van der Waals surface area contributed by atoms with Crippen LogP contribution in [0.25, 0.3) is 0 Å². The van der Waals surface area contributed by atoms with Gasteiger partial charge in [-0.1, -0.05) is 0 Å². The van der Waals surface area contributed by atoms with Crippen LogP contribution in [0, 0.1) is 6.92 Å². The van der Waals surface area contributed by atoms with Gasteiger partial charge < -0.3 is 9.80 Å². The lowest BCUT2D eigenvalue weighted by Crippen LogP contribution is -2.23. The molecule has 1 aliphatic heterocycles. The quantitative estimate of drug-likeness (QED) is 0.869. The number of amides is 1. The molecule has 1 fully saturated rings. The van der Waals surface area contributed by atoms with Crippen molar-refractivity contribution in [1.82, 2.24) is 19.9 Å². The number of anilines is 1. The molecule has 0 spiro atoms. The van der Waals surface area contributed by atoms with E-state index in [4.69, 9.17) is 0 Å². The fourth-order valence-corrected chi connectivity index (χ4v) is 3.75. The highest BCUT2D eigenvalue weighted by Crippen LogP contribution is 2.37. The van der Waals surface area contributed by atoms with Crippen LogP contribution in [0.1, 0.15) is 39.4 Å². The first kappa shape index (κ1) is 14.9. The lowest BCUT2D eigenvalue weighted by atomic mass is 10.2. The maximum Gasteiger partial charge on any atom is 0.265 e. The Morgan fingerprint density at radius 1 is 1.41 bits per heavy atom. The summed E-state index contributed by atoms with van der Waals surface area (Å²) >= 11 is 1.48. The van der Waals surface area contributed by atoms with Gasteiger partial charge in [-0.15, -0.1) is 11.3 Å². The zero-order valence-corrected chi connectivity index (χ0v) is 13.8. The number of thiazole rings is 1. The van der Waals surface area contributed by atoms with Crippen LogP contribution in [-0.2, 0) is 0 Å². The average Bonchev–Trinajstić information content (AvgIpc) is 3.15. The minimum Gasteiger partial charge on any atom is -0.347 e. The van der Waals surface area contributed by atoms with E-state index >= 15 is 0 Å². The van der Waals surface area contributed by atoms with E-state index in [9.17, 15) is 4.79 Å². The topological polar surface area (TPSA) is 62.2 Å². The van der Waals surface area contributed by atoms with Crippen LogP contribution in [0.2, 0.25) is 0 Å². The van der Waals surface area contributed by atoms with Gasteiger partial charge in [0, 0.05) is 26.8 Å². The Balaban J connectivity index is 1.86. The van der Waals surface area contributed by atoms with Crippen molar-refractivity contribution in [2.75, 3.05) is 25.5 Å². The zero-order valence-electron chi connectivity index (χ0n) is 13.0. The molecule has 116 valence electrons. The molecule has 0 aliphatic carbocycles. The van der Waals surface area contributed by atoms with Crippen molar-refractivity contribution in [2.45, 2.75) is 25.8 Å². The second kappa shape index (κ2) is 6.00. The average molecular weight is 317 g/mol. The molecule has 1 amide bonds. The van der Waals surface area contributed by atoms with E-state index in [1.807, 2.05) is 13.0 Å². The normalized spacial score (nSPS) is 17.8. The summed E-state index contributed by atoms with van der Waals surface area (Å²) < 4.78 is 0. The number of carbonyl (C=O) groups is 1. The van der Waals surface area contributed by atoms with Crippen molar-refractivity contribution in [3.05, 3.63) is 34.2 Å². The first-order valence-electron chi connectivity index (χ1n) is 7.30. The monoisotopic (exact) mass is 317 g/mol. The molecule has 2 aromatic heterocycles. The molecule has 2 aromatic rings. The van der Waals surface area contributed by atoms with Crippen LogP contribution in [-0.4, -0.2) is 46.4 Å². The molecule has 0 unspecified atom stereocenters. The van der Waals surface area contributed by atoms with Gasteiger partial charge in [0.15, 0.2) is 0 Å². The second-order valence-electron chi connectivity index (χ2n) is 5.58. The Bertz CT molecular complexity index is 684. The van der Waals surface area contributed by atoms with E-state index in [0.29, 0.717) is 4.88 Å². The molecule has 1 saturated heterocycles. The van der Waals surface area contributed by atoms with Gasteiger partial charge in [0.1, 0.15) is 21.5 Å². The lowest BCUT2D eigenvalue weighted by Gasteiger charge is -2.24. The highest BCUT2D eigenvalue weighted by molar-refractivity contribution is 7.13. The number of aryl methyl sites for hydroxylation is 1. The van der Waals surface area contributed by atoms with Crippen molar-refractivity contribution < 1.29 is 4.79 Å². The zero-order chi connectivity index (χ0) is 15.7. The number of aromatic nitrogens is 3. The van der Waals surface area contributed by atoms with Gasteiger partial charge in [-0.25, -0.2) is 15.0 Å². The molecule has 1 atom stereocenters. The third-order valence-corrected chi connectivity index (χ3v) is 4.82. The fraction of sp³-hybridized carbons (Fsp3) is 0.467. The van der Waals surface area contributed by atoms with Gasteiger partial charge in [-0.2, -0.15) is 0 Å². The van der Waals surface area contributed by atoms with Crippen molar-refractivity contribution in [1.29, 1.82) is 0 Å². The molecule has 0 N–H and O–H groups in total. The summed E-state index contributed by atoms with van der Waals surface area (Å²) in [5.41, 5.74) is 0. The molecular weight excluding hydrogens is 298 g/mol. The summed E-state index contributed by atoms with van der Waals surface area (Å²) in [6.07, 6.45) is 5.61. The Labute approximate surface area is 133 Å². The molecule has 0 saturated carbocycles. The van der Waals surface area contributed by atoms with Crippen molar-refractivity contribution in [3.8, 4) is 0 Å². The SMILES string of the molecule is Cc1nccc(N2CCC[C@H]2c2ncc(C(=O)N(C)C)s2)n1. The van der Waals surface area contributed by atoms with Gasteiger partial charge in [0.05, 0.1) is 12.2 Å². The summed E-state index contributed by atoms with van der Waals surface area (Å²) in [7, 11) is 3.51. The first-order chi connectivity index (χ1) is 10.6. The van der Waals surface area contributed by atoms with Gasteiger partial charge in [-0.3, -0.25) is 4.79 Å². The van der Waals surface area contributed by atoms with Crippen LogP contribution in [0.5, 0.6) is 0 Å². The number of carbonyl (C=O) groups excluding carboxylic acids is 1. The fourth-order valence-electron chi connectivity index (χ4n) is 2.66. The molecule has 0 bridgehead atoms. The molecular formula is C15H19N5OS. The minimum atomic E-state index is 0.00572. The van der Waals surface area contributed by atoms with E-state index in [-0.39, 0.29) is 11.9 Å². The van der Waals surface area contributed by atoms with Crippen molar-refractivity contribution in [3.63, 3.8) is 0 Å². The smallest absolute Gasteiger partial charge is 0.265 e. The summed E-state index contributed by atoms with van der Waals surface area (Å²) in [5.74, 6) is 1.71. The highest BCUT2D eigenvalue weighted by Gasteiger charge is 2.30. The lowest BCUT2D eigenvalue weighted by molar-refractivity contribution is 0.0832. The van der Waals surface area contributed by atoms with Gasteiger partial charge in [-0.05, 0) is 25.8 Å². The van der Waals surface area contributed by atoms with E-state index in [2.05, 4.69) is 19.9 Å². The molecule has 7 heteroatoms. The summed E-state index contributed by atoms with van der Waals surface area (Å²) in [5, 5.41) is 0.985. The van der Waals surface area contributed by atoms with Gasteiger partial charge in [0.25, 0.3) is 5.91 Å². The third-order valence-electron chi connectivity index (χ3n) is 3.73. The highest BCUT2D eigenvalue weighted by atomic mass is 32.1. The molecule has 3 heterocycles. The summed E-state index contributed by atoms with van der Waals surface area (Å²) in [4.78, 5) is 29.7. The Hall–Kier alpha value is -2.02. The predicted octanol–water partition coefficient (Wildman–Crippen LogP) is 2.28. The number of hydrogen-bond acceptors (Lipinski definition) is 6. The summed E-state index contributed by atoms with van der Waals surface area (Å²) in [6.45, 7) is 2.85. The predicted molar refractivity (Wildman–Crippen MR) is 86.2 cm³/mol. The summed E-state index contributed by atoms with van der Waals surface area (Å²) in [6, 6.07) is 2.13. The van der Waals surface area contributed by atoms with Gasteiger partial charge >= 0.3 is 0 Å². The van der Waals surface area contributed by atoms with E-state index in [1.54, 1.807) is 31.4 Å². The first-order valence-corrected chi connectivity index (χ1v) is 8.11. The Morgan fingerprint density at radius 2 is 2.23 bits per heavy atom. The van der Waals surface area contributed by atoms with Crippen molar-refractivity contribution in [2.24, 2.45) is 0 Å². The van der Waals surface area contributed by atoms with Crippen molar-refractivity contribution >= 4 is 23.1 Å². The largest absolute Gasteiger partial charge is 0.347 e.